The lowest BCUT2D eigenvalue weighted by Gasteiger charge is -2.24. The molecule has 8 heteroatoms. The molecule has 0 atom stereocenters. The van der Waals surface area contributed by atoms with Gasteiger partial charge >= 0.3 is 0 Å². The number of guanidine groups is 1. The topological polar surface area (TPSA) is 87.9 Å². The van der Waals surface area contributed by atoms with Gasteiger partial charge in [-0.15, -0.1) is 24.0 Å². The Hall–Kier alpha value is -2.23. The molecule has 2 rings (SSSR count). The van der Waals surface area contributed by atoms with Crippen LogP contribution in [-0.2, 0) is 6.54 Å². The number of ether oxygens (including phenoxy) is 1. The summed E-state index contributed by atoms with van der Waals surface area (Å²) >= 11 is 0. The van der Waals surface area contributed by atoms with E-state index in [4.69, 9.17) is 9.15 Å². The smallest absolute Gasteiger partial charge is 0.287 e. The first kappa shape index (κ1) is 26.8. The maximum atomic E-state index is 12.0. The Bertz CT molecular complexity index is 872. The lowest BCUT2D eigenvalue weighted by molar-refractivity contribution is 0.0924. The van der Waals surface area contributed by atoms with Gasteiger partial charge in [-0.3, -0.25) is 9.79 Å². The van der Waals surface area contributed by atoms with E-state index in [1.54, 1.807) is 13.1 Å². The summed E-state index contributed by atoms with van der Waals surface area (Å²) in [5, 5.41) is 9.44. The van der Waals surface area contributed by atoms with Crippen molar-refractivity contribution in [2.24, 2.45) is 4.99 Å². The van der Waals surface area contributed by atoms with E-state index >= 15 is 0 Å². The van der Waals surface area contributed by atoms with Crippen LogP contribution >= 0.6 is 24.0 Å². The maximum Gasteiger partial charge on any atom is 0.287 e. The van der Waals surface area contributed by atoms with Crippen molar-refractivity contribution in [2.45, 2.75) is 53.2 Å². The van der Waals surface area contributed by atoms with Gasteiger partial charge in [-0.25, -0.2) is 0 Å². The average Bonchev–Trinajstić information content (AvgIpc) is 3.09. The molecule has 172 valence electrons. The quantitative estimate of drug-likeness (QED) is 0.202. The van der Waals surface area contributed by atoms with Crippen molar-refractivity contribution < 1.29 is 13.9 Å². The molecular weight excluding hydrogens is 507 g/mol. The highest BCUT2D eigenvalue weighted by molar-refractivity contribution is 14.0. The molecule has 0 aliphatic rings. The van der Waals surface area contributed by atoms with Crippen molar-refractivity contribution in [3.8, 4) is 5.75 Å². The maximum absolute atomic E-state index is 12.0. The van der Waals surface area contributed by atoms with Gasteiger partial charge in [0.25, 0.3) is 5.91 Å². The Kier molecular flexibility index (Phi) is 10.9. The predicted molar refractivity (Wildman–Crippen MR) is 136 cm³/mol. The molecule has 0 saturated heterocycles. The fourth-order valence-electron chi connectivity index (χ4n) is 2.81. The normalized spacial score (nSPS) is 11.5. The summed E-state index contributed by atoms with van der Waals surface area (Å²) in [7, 11) is 1.73. The molecule has 2 aromatic rings. The number of nitrogens with one attached hydrogen (secondary N) is 3. The lowest BCUT2D eigenvalue weighted by atomic mass is 10.1. The first-order valence-corrected chi connectivity index (χ1v) is 10.2. The Morgan fingerprint density at radius 3 is 2.42 bits per heavy atom. The van der Waals surface area contributed by atoms with Crippen LogP contribution in [-0.4, -0.2) is 37.6 Å². The number of hydrogen-bond acceptors (Lipinski definition) is 4. The molecule has 1 amide bonds. The van der Waals surface area contributed by atoms with Crippen molar-refractivity contribution >= 4 is 35.8 Å². The molecule has 1 aromatic heterocycles. The van der Waals surface area contributed by atoms with Gasteiger partial charge in [-0.2, -0.15) is 0 Å². The number of hydrogen-bond donors (Lipinski definition) is 3. The first-order valence-electron chi connectivity index (χ1n) is 10.2. The van der Waals surface area contributed by atoms with Gasteiger partial charge < -0.3 is 25.1 Å². The molecule has 7 nitrogen and oxygen atoms in total. The van der Waals surface area contributed by atoms with Crippen molar-refractivity contribution in [1.82, 2.24) is 16.0 Å². The molecule has 0 fully saturated rings. The summed E-state index contributed by atoms with van der Waals surface area (Å²) in [6.07, 6.45) is 2.28. The van der Waals surface area contributed by atoms with Crippen LogP contribution in [0.1, 0.15) is 54.4 Å². The van der Waals surface area contributed by atoms with Crippen molar-refractivity contribution in [3.63, 3.8) is 0 Å². The van der Waals surface area contributed by atoms with E-state index < -0.39 is 0 Å². The highest BCUT2D eigenvalue weighted by atomic mass is 127. The van der Waals surface area contributed by atoms with Crippen LogP contribution in [0.3, 0.4) is 0 Å². The Morgan fingerprint density at radius 2 is 1.81 bits per heavy atom. The molecule has 31 heavy (non-hydrogen) atoms. The van der Waals surface area contributed by atoms with Gasteiger partial charge in [0.2, 0.25) is 0 Å². The molecule has 0 bridgehead atoms. The largest absolute Gasteiger partial charge is 0.488 e. The molecule has 1 heterocycles. The summed E-state index contributed by atoms with van der Waals surface area (Å²) in [5.74, 6) is 1.75. The van der Waals surface area contributed by atoms with Crippen molar-refractivity contribution in [3.05, 3.63) is 53.0 Å². The van der Waals surface area contributed by atoms with Crippen LogP contribution in [0.2, 0.25) is 0 Å². The van der Waals surface area contributed by atoms with Crippen LogP contribution in [0, 0.1) is 13.8 Å². The molecule has 0 saturated carbocycles. The molecule has 0 radical (unpaired) electrons. The number of nitrogens with zero attached hydrogens (tertiary/aromatic N) is 1. The number of rotatable bonds is 8. The Morgan fingerprint density at radius 1 is 1.10 bits per heavy atom. The molecule has 3 N–H and O–H groups in total. The van der Waals surface area contributed by atoms with Gasteiger partial charge in [-0.1, -0.05) is 12.1 Å². The number of carbonyl (C=O) groups excluding carboxylic acids is 1. The van der Waals surface area contributed by atoms with Crippen molar-refractivity contribution in [2.75, 3.05) is 20.1 Å². The fraction of sp³-hybridized carbons (Fsp3) is 0.478. The second-order valence-corrected chi connectivity index (χ2v) is 8.22. The minimum Gasteiger partial charge on any atom is -0.488 e. The average molecular weight is 542 g/mol. The fourth-order valence-corrected chi connectivity index (χ4v) is 2.81. The third-order valence-corrected chi connectivity index (χ3v) is 4.31. The van der Waals surface area contributed by atoms with Crippen LogP contribution in [0.5, 0.6) is 5.75 Å². The summed E-state index contributed by atoms with van der Waals surface area (Å²) in [5.41, 5.74) is 2.80. The second-order valence-electron chi connectivity index (χ2n) is 8.22. The number of carbonyl (C=O) groups is 1. The van der Waals surface area contributed by atoms with E-state index in [9.17, 15) is 4.79 Å². The molecule has 0 aliphatic heterocycles. The van der Waals surface area contributed by atoms with E-state index in [1.165, 1.54) is 6.26 Å². The third-order valence-electron chi connectivity index (χ3n) is 4.31. The highest BCUT2D eigenvalue weighted by Crippen LogP contribution is 2.24. The Balaban J connectivity index is 0.00000480. The number of benzene rings is 1. The van der Waals surface area contributed by atoms with Crippen LogP contribution in [0.25, 0.3) is 0 Å². The molecule has 0 unspecified atom stereocenters. The summed E-state index contributed by atoms with van der Waals surface area (Å²) in [4.78, 5) is 16.3. The van der Waals surface area contributed by atoms with E-state index in [0.29, 0.717) is 31.4 Å². The summed E-state index contributed by atoms with van der Waals surface area (Å²) in [6, 6.07) is 7.98. The zero-order valence-electron chi connectivity index (χ0n) is 19.3. The predicted octanol–water partition coefficient (Wildman–Crippen LogP) is 4.18. The summed E-state index contributed by atoms with van der Waals surface area (Å²) < 4.78 is 11.3. The van der Waals surface area contributed by atoms with E-state index in [2.05, 4.69) is 46.1 Å². The van der Waals surface area contributed by atoms with Crippen LogP contribution < -0.4 is 20.7 Å². The van der Waals surface area contributed by atoms with Gasteiger partial charge in [0.05, 0.1) is 6.26 Å². The van der Waals surface area contributed by atoms with E-state index in [-0.39, 0.29) is 35.5 Å². The lowest BCUT2D eigenvalue weighted by Crippen LogP contribution is -2.38. The van der Waals surface area contributed by atoms with Gasteiger partial charge in [-0.05, 0) is 58.7 Å². The first-order chi connectivity index (χ1) is 14.2. The standard InChI is InChI=1S/C23H34N4O3.HI/c1-16-8-9-18(19(14-16)30-23(3,4)5)15-27-22(24-6)26-12-7-11-25-21(28)20-17(2)10-13-29-20;/h8-10,13-14H,7,11-12,15H2,1-6H3,(H,25,28)(H2,24,26,27);1H. The Labute approximate surface area is 202 Å². The second kappa shape index (κ2) is 12.6. The number of furan rings is 1. The number of aryl methyl sites for hydroxylation is 2. The number of halogens is 1. The minimum atomic E-state index is -0.263. The number of aliphatic imine (C=N–C) groups is 1. The molecule has 0 spiro atoms. The van der Waals surface area contributed by atoms with Gasteiger partial charge in [0.1, 0.15) is 11.4 Å². The van der Waals surface area contributed by atoms with Crippen molar-refractivity contribution in [1.29, 1.82) is 0 Å². The van der Waals surface area contributed by atoms with E-state index in [1.807, 2.05) is 27.7 Å². The zero-order valence-corrected chi connectivity index (χ0v) is 21.6. The minimum absolute atomic E-state index is 0. The third kappa shape index (κ3) is 9.20. The molecular formula is C23H35IN4O3. The monoisotopic (exact) mass is 542 g/mol. The van der Waals surface area contributed by atoms with E-state index in [0.717, 1.165) is 28.9 Å². The highest BCUT2D eigenvalue weighted by Gasteiger charge is 2.15. The van der Waals surface area contributed by atoms with Crippen LogP contribution in [0.4, 0.5) is 0 Å². The SMILES string of the molecule is CN=C(NCCCNC(=O)c1occc1C)NCc1ccc(C)cc1OC(C)(C)C.I. The van der Waals surface area contributed by atoms with Crippen LogP contribution in [0.15, 0.2) is 39.9 Å². The number of amides is 1. The molecule has 1 aromatic carbocycles. The summed E-state index contributed by atoms with van der Waals surface area (Å²) in [6.45, 7) is 11.8. The van der Waals surface area contributed by atoms with Gasteiger partial charge in [0, 0.05) is 37.8 Å². The van der Waals surface area contributed by atoms with Gasteiger partial charge in [0.15, 0.2) is 11.7 Å². The zero-order chi connectivity index (χ0) is 22.1. The molecule has 0 aliphatic carbocycles.